The summed E-state index contributed by atoms with van der Waals surface area (Å²) in [4.78, 5) is 12.8. The summed E-state index contributed by atoms with van der Waals surface area (Å²) in [5.41, 5.74) is 1.85. The van der Waals surface area contributed by atoms with Gasteiger partial charge in [0.25, 0.3) is 0 Å². The Morgan fingerprint density at radius 2 is 1.10 bits per heavy atom. The quantitative estimate of drug-likeness (QED) is 0.674. The first-order valence-electron chi connectivity index (χ1n) is 6.19. The Hall–Kier alpha value is -2.69. The topological polar surface area (TPSA) is 55.7 Å². The van der Waals surface area contributed by atoms with Crippen molar-refractivity contribution < 1.29 is 4.70 Å². The fourth-order valence-electron chi connectivity index (χ4n) is 1.88. The van der Waals surface area contributed by atoms with Gasteiger partial charge in [0.05, 0.1) is 0 Å². The molecule has 94 valence electrons. The van der Waals surface area contributed by atoms with Gasteiger partial charge in [-0.2, -0.15) is 0 Å². The number of aromatic nitrogens is 3. The van der Waals surface area contributed by atoms with Crippen LogP contribution in [-0.2, 0) is 4.70 Å². The van der Waals surface area contributed by atoms with E-state index in [0.29, 0.717) is 18.8 Å². The summed E-state index contributed by atoms with van der Waals surface area (Å²) in [5.74, 6) is 1.00. The molecule has 3 aromatic rings. The molecular formula is C15H10BN3O. The van der Waals surface area contributed by atoms with Gasteiger partial charge >= 0.3 is 116 Å². The molecule has 0 aliphatic heterocycles. The van der Waals surface area contributed by atoms with Crippen molar-refractivity contribution in [1.29, 1.82) is 0 Å². The van der Waals surface area contributed by atoms with E-state index in [-0.39, 0.29) is 5.72 Å². The van der Waals surface area contributed by atoms with Crippen molar-refractivity contribution in [2.75, 3.05) is 0 Å². The second-order valence-corrected chi connectivity index (χ2v) is 4.19. The zero-order valence-corrected chi connectivity index (χ0v) is 10.6. The molecule has 0 N–H and O–H groups in total. The maximum absolute atomic E-state index is 11.0. The Morgan fingerprint density at radius 1 is 0.650 bits per heavy atom. The van der Waals surface area contributed by atoms with Crippen LogP contribution in [0.15, 0.2) is 60.7 Å². The van der Waals surface area contributed by atoms with E-state index in [1.807, 2.05) is 60.7 Å². The van der Waals surface area contributed by atoms with Crippen molar-refractivity contribution in [2.45, 2.75) is 0 Å². The van der Waals surface area contributed by atoms with E-state index >= 15 is 0 Å². The van der Waals surface area contributed by atoms with Crippen LogP contribution in [0.5, 0.6) is 0 Å². The average Bonchev–Trinajstić information content (AvgIpc) is 2.56. The van der Waals surface area contributed by atoms with E-state index in [1.54, 1.807) is 0 Å². The number of nitrogens with zero attached hydrogens (tertiary/aromatic N) is 3. The monoisotopic (exact) mass is 259 g/mol. The van der Waals surface area contributed by atoms with E-state index in [4.69, 9.17) is 0 Å². The molecule has 5 heteroatoms. The van der Waals surface area contributed by atoms with Crippen LogP contribution in [0.1, 0.15) is 0 Å². The van der Waals surface area contributed by atoms with E-state index < -0.39 is 0 Å². The average molecular weight is 259 g/mol. The van der Waals surface area contributed by atoms with Crippen LogP contribution in [0.25, 0.3) is 22.8 Å². The molecule has 1 heterocycles. The number of hydrogen-bond donors (Lipinski definition) is 0. The van der Waals surface area contributed by atoms with Gasteiger partial charge in [0.15, 0.2) is 0 Å². The minimum absolute atomic E-state index is 0.137. The number of rotatable bonds is 3. The van der Waals surface area contributed by atoms with E-state index in [1.165, 1.54) is 0 Å². The molecule has 1 aromatic heterocycles. The third-order valence-electron chi connectivity index (χ3n) is 2.82. The molecule has 0 saturated carbocycles. The second-order valence-electron chi connectivity index (χ2n) is 4.19. The van der Waals surface area contributed by atoms with Crippen LogP contribution in [0.3, 0.4) is 0 Å². The summed E-state index contributed by atoms with van der Waals surface area (Å²) < 4.78 is 11.0. The SMILES string of the molecule is O=Bc1nc(-c2ccccc2)nc(-c2ccccc2)n1. The first kappa shape index (κ1) is 12.4. The van der Waals surface area contributed by atoms with E-state index in [2.05, 4.69) is 15.0 Å². The molecule has 3 rings (SSSR count). The van der Waals surface area contributed by atoms with Crippen LogP contribution >= 0.6 is 0 Å². The van der Waals surface area contributed by atoms with Crippen LogP contribution in [-0.4, -0.2) is 22.1 Å². The van der Waals surface area contributed by atoms with Crippen LogP contribution in [0.2, 0.25) is 0 Å². The molecule has 0 unspecified atom stereocenters. The normalized spacial score (nSPS) is 10.0. The predicted octanol–water partition coefficient (Wildman–Crippen LogP) is 1.88. The molecular weight excluding hydrogens is 249 g/mol. The van der Waals surface area contributed by atoms with Crippen molar-refractivity contribution in [2.24, 2.45) is 0 Å². The van der Waals surface area contributed by atoms with Gasteiger partial charge in [-0.3, -0.25) is 0 Å². The Kier molecular flexibility index (Phi) is 3.41. The van der Waals surface area contributed by atoms with Crippen LogP contribution in [0, 0.1) is 0 Å². The zero-order chi connectivity index (χ0) is 13.8. The second kappa shape index (κ2) is 5.53. The molecule has 0 amide bonds. The van der Waals surface area contributed by atoms with Gasteiger partial charge < -0.3 is 0 Å². The first-order chi connectivity index (χ1) is 9.86. The maximum atomic E-state index is 11.0. The van der Waals surface area contributed by atoms with Gasteiger partial charge in [0.2, 0.25) is 0 Å². The van der Waals surface area contributed by atoms with E-state index in [9.17, 15) is 4.70 Å². The van der Waals surface area contributed by atoms with Gasteiger partial charge in [-0.25, -0.2) is 0 Å². The van der Waals surface area contributed by atoms with Gasteiger partial charge in [-0.05, 0) is 0 Å². The molecule has 0 radical (unpaired) electrons. The summed E-state index contributed by atoms with van der Waals surface area (Å²) in [6.07, 6.45) is 0. The Balaban J connectivity index is 2.15. The number of benzene rings is 2. The van der Waals surface area contributed by atoms with Gasteiger partial charge in [0, 0.05) is 0 Å². The van der Waals surface area contributed by atoms with E-state index in [0.717, 1.165) is 11.1 Å². The minimum atomic E-state index is 0.137. The summed E-state index contributed by atoms with van der Waals surface area (Å²) in [6, 6.07) is 19.1. The molecule has 0 fully saturated rings. The molecule has 0 aliphatic carbocycles. The first-order valence-corrected chi connectivity index (χ1v) is 6.19. The van der Waals surface area contributed by atoms with Gasteiger partial charge in [0.1, 0.15) is 0 Å². The van der Waals surface area contributed by atoms with Crippen molar-refractivity contribution in [3.63, 3.8) is 0 Å². The molecule has 0 aliphatic rings. The fraction of sp³-hybridized carbons (Fsp3) is 0. The fourth-order valence-corrected chi connectivity index (χ4v) is 1.88. The molecule has 20 heavy (non-hydrogen) atoms. The molecule has 0 saturated heterocycles. The summed E-state index contributed by atoms with van der Waals surface area (Å²) in [6.45, 7) is 0. The third kappa shape index (κ3) is 2.52. The molecule has 0 spiro atoms. The zero-order valence-electron chi connectivity index (χ0n) is 10.6. The molecule has 4 nitrogen and oxygen atoms in total. The van der Waals surface area contributed by atoms with Crippen molar-refractivity contribution in [1.82, 2.24) is 15.0 Å². The predicted molar refractivity (Wildman–Crippen MR) is 76.8 cm³/mol. The van der Waals surface area contributed by atoms with Gasteiger partial charge in [-0.15, -0.1) is 0 Å². The Labute approximate surface area is 116 Å². The van der Waals surface area contributed by atoms with Crippen LogP contribution in [0.4, 0.5) is 0 Å². The molecule has 0 atom stereocenters. The standard InChI is InChI=1S/C15H10BN3O/c20-16-15-18-13(11-7-3-1-4-8-11)17-14(19-15)12-9-5-2-6-10-12/h1-10H. The third-order valence-corrected chi connectivity index (χ3v) is 2.82. The van der Waals surface area contributed by atoms with Crippen molar-refractivity contribution in [3.05, 3.63) is 60.7 Å². The summed E-state index contributed by atoms with van der Waals surface area (Å²) in [5, 5.41) is 0. The summed E-state index contributed by atoms with van der Waals surface area (Å²) in [7, 11) is 0.639. The van der Waals surface area contributed by atoms with Gasteiger partial charge in [-0.1, -0.05) is 0 Å². The Morgan fingerprint density at radius 3 is 1.50 bits per heavy atom. The van der Waals surface area contributed by atoms with Crippen LogP contribution < -0.4 is 5.72 Å². The Bertz CT molecular complexity index is 675. The van der Waals surface area contributed by atoms with Crippen molar-refractivity contribution >= 4 is 12.9 Å². The summed E-state index contributed by atoms with van der Waals surface area (Å²) >= 11 is 0. The van der Waals surface area contributed by atoms with Crippen molar-refractivity contribution in [3.8, 4) is 22.8 Å². The molecule has 2 aromatic carbocycles. The molecule has 0 bridgehead atoms. The number of hydrogen-bond acceptors (Lipinski definition) is 4.